The van der Waals surface area contributed by atoms with Crippen LogP contribution in [0.1, 0.15) is 73.4 Å². The number of halogens is 1. The summed E-state index contributed by atoms with van der Waals surface area (Å²) in [4.78, 5) is 15.9. The smallest absolute Gasteiger partial charge is 0.264 e. The van der Waals surface area contributed by atoms with E-state index in [1.54, 1.807) is 12.1 Å². The molecular formula is C34H41ClN2O5S. The van der Waals surface area contributed by atoms with Gasteiger partial charge in [-0.1, -0.05) is 43.2 Å². The number of amides is 1. The van der Waals surface area contributed by atoms with Crippen LogP contribution in [0.4, 0.5) is 5.69 Å². The minimum absolute atomic E-state index is 0.0416. The molecule has 2 aromatic carbocycles. The van der Waals surface area contributed by atoms with Crippen LogP contribution in [0, 0.1) is 23.7 Å². The highest BCUT2D eigenvalue weighted by Gasteiger charge is 2.45. The number of hydrogen-bond donors (Lipinski definition) is 2. The van der Waals surface area contributed by atoms with Gasteiger partial charge in [-0.25, -0.2) is 13.1 Å². The van der Waals surface area contributed by atoms with Crippen LogP contribution < -0.4 is 14.4 Å². The molecule has 0 radical (unpaired) electrons. The van der Waals surface area contributed by atoms with Gasteiger partial charge in [0.2, 0.25) is 10.0 Å². The fraction of sp³-hybridized carbons (Fsp3) is 0.559. The topological polar surface area (TPSA) is 95.9 Å². The number of rotatable bonds is 0. The number of aryl methyl sites for hydroxylation is 1. The molecule has 5 aliphatic rings. The third-order valence-electron chi connectivity index (χ3n) is 11.1. The SMILES string of the molecule is C[C@H]1[C@H]2/C=C\[C@H](O)[C@@H]3CC[C@H]3CN3C[C@@]4(CCCc5cc(Cl)ccc54)COc4ccc(cc43)C(=O)NS(=O)(=O)[C@H]1CCC2. The maximum atomic E-state index is 13.5. The Labute approximate surface area is 259 Å². The summed E-state index contributed by atoms with van der Waals surface area (Å²) in [5.41, 5.74) is 3.38. The number of carbonyl (C=O) groups excluding carboxylic acids is 1. The molecule has 1 amide bonds. The van der Waals surface area contributed by atoms with Gasteiger partial charge in [0.1, 0.15) is 5.75 Å². The Morgan fingerprint density at radius 3 is 2.74 bits per heavy atom. The molecule has 2 fully saturated rings. The normalized spacial score (nSPS) is 35.8. The fourth-order valence-corrected chi connectivity index (χ4v) is 10.5. The lowest BCUT2D eigenvalue weighted by molar-refractivity contribution is 0.0452. The van der Waals surface area contributed by atoms with Crippen molar-refractivity contribution in [1.82, 2.24) is 4.72 Å². The number of fused-ring (bicyclic) bond motifs is 6. The summed E-state index contributed by atoms with van der Waals surface area (Å²) in [7, 11) is -3.90. The standard InChI is InChI=1S/C34H41ClN2O5S/c1-21-22-4-2-6-32(21)43(40,41)36-33(39)24-9-14-31-29(17-24)37(18-25-7-11-27(25)30(38)13-8-22)19-34(20-42-31)15-3-5-23-16-26(35)10-12-28(23)34/h8-10,12-14,16-17,21-22,25,27,30,32,38H,2-7,11,15,18-20H2,1H3,(H,36,39)/b13-8-/t21-,22+,25-,27+,30-,32-,34-/m0/s1. The van der Waals surface area contributed by atoms with E-state index in [0.29, 0.717) is 36.8 Å². The highest BCUT2D eigenvalue weighted by Crippen LogP contribution is 2.47. The first-order valence-electron chi connectivity index (χ1n) is 15.9. The first-order valence-corrected chi connectivity index (χ1v) is 17.8. The van der Waals surface area contributed by atoms with E-state index < -0.39 is 27.3 Å². The van der Waals surface area contributed by atoms with Crippen LogP contribution in [-0.4, -0.2) is 50.5 Å². The molecule has 2 aliphatic heterocycles. The van der Waals surface area contributed by atoms with E-state index in [2.05, 4.69) is 21.8 Å². The van der Waals surface area contributed by atoms with Gasteiger partial charge in [-0.2, -0.15) is 0 Å². The largest absolute Gasteiger partial charge is 0.490 e. The lowest BCUT2D eigenvalue weighted by Gasteiger charge is -2.45. The molecule has 9 heteroatoms. The van der Waals surface area contributed by atoms with E-state index in [9.17, 15) is 18.3 Å². The van der Waals surface area contributed by atoms with Crippen molar-refractivity contribution in [3.8, 4) is 5.75 Å². The van der Waals surface area contributed by atoms with Crippen LogP contribution in [0.3, 0.4) is 0 Å². The molecule has 0 aromatic heterocycles. The number of sulfonamides is 1. The lowest BCUT2D eigenvalue weighted by atomic mass is 9.68. The van der Waals surface area contributed by atoms with E-state index in [4.69, 9.17) is 16.3 Å². The van der Waals surface area contributed by atoms with E-state index in [1.165, 1.54) is 11.1 Å². The summed E-state index contributed by atoms with van der Waals surface area (Å²) in [5.74, 6) is 0.396. The van der Waals surface area contributed by atoms with Crippen molar-refractivity contribution in [2.75, 3.05) is 24.6 Å². The highest BCUT2D eigenvalue weighted by molar-refractivity contribution is 7.90. The molecular weight excluding hydrogens is 584 g/mol. The molecule has 3 aliphatic carbocycles. The summed E-state index contributed by atoms with van der Waals surface area (Å²) < 4.78 is 36.0. The van der Waals surface area contributed by atoms with E-state index in [0.717, 1.165) is 62.2 Å². The summed E-state index contributed by atoms with van der Waals surface area (Å²) >= 11 is 6.40. The Balaban J connectivity index is 1.30. The zero-order valence-electron chi connectivity index (χ0n) is 24.7. The van der Waals surface area contributed by atoms with Crippen molar-refractivity contribution in [2.45, 2.75) is 75.1 Å². The fourth-order valence-electron chi connectivity index (χ4n) is 8.54. The van der Waals surface area contributed by atoms with Gasteiger partial charge < -0.3 is 14.7 Å². The predicted molar refractivity (Wildman–Crippen MR) is 168 cm³/mol. The molecule has 43 heavy (non-hydrogen) atoms. The Bertz CT molecular complexity index is 1560. The van der Waals surface area contributed by atoms with Crippen molar-refractivity contribution in [3.05, 3.63) is 70.3 Å². The van der Waals surface area contributed by atoms with Crippen molar-refractivity contribution in [1.29, 1.82) is 0 Å². The molecule has 0 unspecified atom stereocenters. The molecule has 4 bridgehead atoms. The number of anilines is 1. The zero-order valence-corrected chi connectivity index (χ0v) is 26.2. The minimum atomic E-state index is -3.90. The number of allylic oxidation sites excluding steroid dienone is 1. The number of aliphatic hydroxyl groups is 1. The Morgan fingerprint density at radius 1 is 1.07 bits per heavy atom. The van der Waals surface area contributed by atoms with Crippen LogP contribution in [0.25, 0.3) is 0 Å². The number of nitrogens with one attached hydrogen (secondary N) is 1. The summed E-state index contributed by atoms with van der Waals surface area (Å²) in [5, 5.41) is 11.4. The van der Waals surface area contributed by atoms with Crippen LogP contribution >= 0.6 is 11.6 Å². The molecule has 2 N–H and O–H groups in total. The number of aliphatic hydroxyl groups excluding tert-OH is 1. The number of hydrogen-bond acceptors (Lipinski definition) is 6. The average Bonchev–Trinajstić information content (AvgIpc) is 3.11. The van der Waals surface area contributed by atoms with Crippen LogP contribution in [0.5, 0.6) is 5.75 Å². The number of carbonyl (C=O) groups is 1. The van der Waals surface area contributed by atoms with E-state index in [-0.39, 0.29) is 23.2 Å². The molecule has 230 valence electrons. The quantitative estimate of drug-likeness (QED) is 0.369. The van der Waals surface area contributed by atoms with E-state index >= 15 is 0 Å². The second-order valence-electron chi connectivity index (χ2n) is 13.6. The van der Waals surface area contributed by atoms with Crippen molar-refractivity contribution < 1.29 is 23.1 Å². The second-order valence-corrected chi connectivity index (χ2v) is 16.0. The van der Waals surface area contributed by atoms with E-state index in [1.807, 2.05) is 31.2 Å². The van der Waals surface area contributed by atoms with Gasteiger partial charge in [0, 0.05) is 29.1 Å². The maximum absolute atomic E-state index is 13.5. The minimum Gasteiger partial charge on any atom is -0.490 e. The number of nitrogens with zero attached hydrogens (tertiary/aromatic N) is 1. The summed E-state index contributed by atoms with van der Waals surface area (Å²) in [6, 6.07) is 11.5. The number of benzene rings is 2. The molecule has 0 saturated heterocycles. The van der Waals surface area contributed by atoms with Gasteiger partial charge in [0.05, 0.1) is 23.6 Å². The number of ether oxygens (including phenoxy) is 1. The molecule has 7 nitrogen and oxygen atoms in total. The second kappa shape index (κ2) is 11.1. The molecule has 2 saturated carbocycles. The monoisotopic (exact) mass is 624 g/mol. The van der Waals surface area contributed by atoms with Crippen LogP contribution in [0.15, 0.2) is 48.6 Å². The third kappa shape index (κ3) is 5.27. The average molecular weight is 625 g/mol. The molecule has 1 spiro atoms. The van der Waals surface area contributed by atoms with Gasteiger partial charge in [-0.05, 0) is 110 Å². The van der Waals surface area contributed by atoms with Gasteiger partial charge in [0.15, 0.2) is 0 Å². The van der Waals surface area contributed by atoms with Crippen molar-refractivity contribution in [3.63, 3.8) is 0 Å². The Hall–Kier alpha value is -2.55. The summed E-state index contributed by atoms with van der Waals surface area (Å²) in [6.45, 7) is 3.89. The first-order chi connectivity index (χ1) is 20.6. The Kier molecular flexibility index (Phi) is 7.54. The van der Waals surface area contributed by atoms with Gasteiger partial charge in [-0.3, -0.25) is 4.79 Å². The van der Waals surface area contributed by atoms with Gasteiger partial charge in [0.25, 0.3) is 5.91 Å². The van der Waals surface area contributed by atoms with Gasteiger partial charge in [-0.15, -0.1) is 0 Å². The molecule has 7 atom stereocenters. The van der Waals surface area contributed by atoms with Crippen molar-refractivity contribution in [2.24, 2.45) is 23.7 Å². The third-order valence-corrected chi connectivity index (χ3v) is 13.3. The molecule has 2 heterocycles. The molecule has 2 aromatic rings. The maximum Gasteiger partial charge on any atom is 0.264 e. The first kappa shape index (κ1) is 29.2. The lowest BCUT2D eigenvalue weighted by Crippen LogP contribution is -2.49. The Morgan fingerprint density at radius 2 is 1.93 bits per heavy atom. The van der Waals surface area contributed by atoms with Crippen molar-refractivity contribution >= 4 is 33.2 Å². The van der Waals surface area contributed by atoms with Crippen LogP contribution in [-0.2, 0) is 21.9 Å². The molecule has 7 rings (SSSR count). The zero-order chi connectivity index (χ0) is 29.9. The van der Waals surface area contributed by atoms with Crippen LogP contribution in [0.2, 0.25) is 5.02 Å². The summed E-state index contributed by atoms with van der Waals surface area (Å²) in [6.07, 6.45) is 10.5. The van der Waals surface area contributed by atoms with Gasteiger partial charge >= 0.3 is 0 Å². The highest BCUT2D eigenvalue weighted by atomic mass is 35.5. The predicted octanol–water partition coefficient (Wildman–Crippen LogP) is 5.63.